The fourth-order valence-corrected chi connectivity index (χ4v) is 5.23. The maximum atomic E-state index is 13.0. The van der Waals surface area contributed by atoms with Gasteiger partial charge in [-0.1, -0.05) is 30.3 Å². The summed E-state index contributed by atoms with van der Waals surface area (Å²) in [5.41, 5.74) is 1.10. The van der Waals surface area contributed by atoms with Crippen LogP contribution >= 0.6 is 0 Å². The first-order valence-electron chi connectivity index (χ1n) is 12.4. The van der Waals surface area contributed by atoms with Gasteiger partial charge in [0.1, 0.15) is 0 Å². The molecule has 2 aliphatic heterocycles. The maximum Gasteiger partial charge on any atom is 0.324 e. The van der Waals surface area contributed by atoms with E-state index in [0.29, 0.717) is 38.8 Å². The van der Waals surface area contributed by atoms with Gasteiger partial charge in [-0.15, -0.1) is 0 Å². The fraction of sp³-hybridized carbons (Fsp3) is 0.640. The SMILES string of the molecule is CN1CCN(CCCNC(=O)C2CCC3C(=O)N(CCc4ccccc4)C(=O)NC3C2)CC1. The second-order valence-electron chi connectivity index (χ2n) is 9.69. The summed E-state index contributed by atoms with van der Waals surface area (Å²) in [7, 11) is 2.15. The molecule has 3 unspecified atom stereocenters. The van der Waals surface area contributed by atoms with Crippen molar-refractivity contribution in [3.05, 3.63) is 35.9 Å². The lowest BCUT2D eigenvalue weighted by Gasteiger charge is -2.42. The van der Waals surface area contributed by atoms with Crippen molar-refractivity contribution in [2.45, 2.75) is 38.1 Å². The number of likely N-dealkylation sites (N-methyl/N-ethyl adjacent to an activating group) is 1. The molecule has 1 saturated carbocycles. The zero-order valence-corrected chi connectivity index (χ0v) is 19.7. The molecular formula is C25H37N5O3. The molecule has 2 heterocycles. The highest BCUT2D eigenvalue weighted by atomic mass is 16.2. The topological polar surface area (TPSA) is 85.0 Å². The van der Waals surface area contributed by atoms with Gasteiger partial charge in [0.05, 0.1) is 5.92 Å². The van der Waals surface area contributed by atoms with Crippen molar-refractivity contribution in [1.29, 1.82) is 0 Å². The second kappa shape index (κ2) is 11.1. The van der Waals surface area contributed by atoms with E-state index in [1.807, 2.05) is 30.3 Å². The number of nitrogens with one attached hydrogen (secondary N) is 2. The van der Waals surface area contributed by atoms with Crippen LogP contribution in [0.5, 0.6) is 0 Å². The van der Waals surface area contributed by atoms with Crippen LogP contribution in [0.1, 0.15) is 31.2 Å². The Morgan fingerprint density at radius 1 is 1.06 bits per heavy atom. The van der Waals surface area contributed by atoms with E-state index in [4.69, 9.17) is 0 Å². The van der Waals surface area contributed by atoms with Crippen molar-refractivity contribution in [3.63, 3.8) is 0 Å². The highest BCUT2D eigenvalue weighted by molar-refractivity contribution is 5.99. The molecule has 4 rings (SSSR count). The van der Waals surface area contributed by atoms with Gasteiger partial charge >= 0.3 is 6.03 Å². The van der Waals surface area contributed by atoms with Crippen LogP contribution in [0.25, 0.3) is 0 Å². The average Bonchev–Trinajstić information content (AvgIpc) is 2.83. The number of fused-ring (bicyclic) bond motifs is 1. The number of carbonyl (C=O) groups is 3. The number of benzene rings is 1. The quantitative estimate of drug-likeness (QED) is 0.578. The summed E-state index contributed by atoms with van der Waals surface area (Å²) in [4.78, 5) is 44.5. The van der Waals surface area contributed by atoms with Gasteiger partial charge in [-0.2, -0.15) is 0 Å². The molecule has 4 amide bonds. The number of imide groups is 1. The van der Waals surface area contributed by atoms with Gasteiger partial charge in [0, 0.05) is 51.2 Å². The number of amides is 4. The predicted molar refractivity (Wildman–Crippen MR) is 127 cm³/mol. The number of hydrogen-bond donors (Lipinski definition) is 2. The van der Waals surface area contributed by atoms with E-state index in [1.54, 1.807) is 0 Å². The van der Waals surface area contributed by atoms with Crippen molar-refractivity contribution in [1.82, 2.24) is 25.3 Å². The molecule has 8 nitrogen and oxygen atoms in total. The zero-order chi connectivity index (χ0) is 23.2. The third-order valence-electron chi connectivity index (χ3n) is 7.37. The van der Waals surface area contributed by atoms with Crippen molar-refractivity contribution >= 4 is 17.8 Å². The molecule has 0 bridgehead atoms. The highest BCUT2D eigenvalue weighted by Gasteiger charge is 2.45. The van der Waals surface area contributed by atoms with Gasteiger partial charge in [-0.25, -0.2) is 4.79 Å². The lowest BCUT2D eigenvalue weighted by Crippen LogP contribution is -2.62. The summed E-state index contributed by atoms with van der Waals surface area (Å²) in [6.07, 6.45) is 3.47. The summed E-state index contributed by atoms with van der Waals surface area (Å²) in [5, 5.41) is 6.09. The zero-order valence-electron chi connectivity index (χ0n) is 19.7. The van der Waals surface area contributed by atoms with Crippen molar-refractivity contribution < 1.29 is 14.4 Å². The van der Waals surface area contributed by atoms with Crippen LogP contribution in [0, 0.1) is 11.8 Å². The van der Waals surface area contributed by atoms with Crippen LogP contribution in [-0.2, 0) is 16.0 Å². The van der Waals surface area contributed by atoms with Crippen LogP contribution in [0.15, 0.2) is 30.3 Å². The molecule has 0 radical (unpaired) electrons. The van der Waals surface area contributed by atoms with Gasteiger partial charge < -0.3 is 20.4 Å². The van der Waals surface area contributed by atoms with Crippen LogP contribution in [0.3, 0.4) is 0 Å². The first-order chi connectivity index (χ1) is 16.0. The molecular weight excluding hydrogens is 418 g/mol. The Morgan fingerprint density at radius 2 is 1.82 bits per heavy atom. The summed E-state index contributed by atoms with van der Waals surface area (Å²) in [6.45, 7) is 6.45. The molecule has 1 aromatic carbocycles. The van der Waals surface area contributed by atoms with Crippen LogP contribution in [0.2, 0.25) is 0 Å². The molecule has 3 atom stereocenters. The van der Waals surface area contributed by atoms with E-state index in [1.165, 1.54) is 4.90 Å². The first-order valence-corrected chi connectivity index (χ1v) is 12.4. The molecule has 0 aromatic heterocycles. The molecule has 1 aliphatic carbocycles. The Labute approximate surface area is 196 Å². The maximum absolute atomic E-state index is 13.0. The molecule has 1 aromatic rings. The Hall–Kier alpha value is -2.45. The van der Waals surface area contributed by atoms with Crippen LogP contribution in [-0.4, -0.2) is 91.4 Å². The Kier molecular flexibility index (Phi) is 7.98. The summed E-state index contributed by atoms with van der Waals surface area (Å²) in [5.74, 6) is -0.399. The molecule has 2 saturated heterocycles. The lowest BCUT2D eigenvalue weighted by molar-refractivity contribution is -0.139. The largest absolute Gasteiger partial charge is 0.356 e. The Morgan fingerprint density at radius 3 is 2.58 bits per heavy atom. The lowest BCUT2D eigenvalue weighted by atomic mass is 9.76. The Bertz CT molecular complexity index is 825. The fourth-order valence-electron chi connectivity index (χ4n) is 5.23. The van der Waals surface area contributed by atoms with Crippen molar-refractivity contribution in [2.75, 3.05) is 52.9 Å². The van der Waals surface area contributed by atoms with Gasteiger partial charge in [0.25, 0.3) is 0 Å². The van der Waals surface area contributed by atoms with E-state index >= 15 is 0 Å². The number of nitrogens with zero attached hydrogens (tertiary/aromatic N) is 3. The second-order valence-corrected chi connectivity index (χ2v) is 9.69. The molecule has 8 heteroatoms. The summed E-state index contributed by atoms with van der Waals surface area (Å²) >= 11 is 0. The normalized spacial score (nSPS) is 26.6. The highest BCUT2D eigenvalue weighted by Crippen LogP contribution is 2.33. The van der Waals surface area contributed by atoms with E-state index < -0.39 is 0 Å². The van der Waals surface area contributed by atoms with Crippen LogP contribution in [0.4, 0.5) is 4.79 Å². The van der Waals surface area contributed by atoms with E-state index in [0.717, 1.165) is 44.7 Å². The smallest absolute Gasteiger partial charge is 0.324 e. The number of hydrogen-bond acceptors (Lipinski definition) is 5. The minimum atomic E-state index is -0.328. The molecule has 180 valence electrons. The minimum absolute atomic E-state index is 0.0556. The average molecular weight is 456 g/mol. The summed E-state index contributed by atoms with van der Waals surface area (Å²) in [6, 6.07) is 9.31. The standard InChI is InChI=1S/C25H37N5O3/c1-28-14-16-29(17-15-28)12-5-11-26-23(31)20-8-9-21-22(18-20)27-25(33)30(24(21)32)13-10-19-6-3-2-4-7-19/h2-4,6-7,20-22H,5,8-18H2,1H3,(H,26,31)(H,27,33). The number of urea groups is 1. The molecule has 3 aliphatic rings. The van der Waals surface area contributed by atoms with Gasteiger partial charge in [-0.05, 0) is 51.3 Å². The van der Waals surface area contributed by atoms with E-state index in [2.05, 4.69) is 27.5 Å². The molecule has 3 fully saturated rings. The van der Waals surface area contributed by atoms with Crippen LogP contribution < -0.4 is 10.6 Å². The van der Waals surface area contributed by atoms with Gasteiger partial charge in [0.15, 0.2) is 0 Å². The van der Waals surface area contributed by atoms with E-state index in [9.17, 15) is 14.4 Å². The monoisotopic (exact) mass is 455 g/mol. The van der Waals surface area contributed by atoms with Gasteiger partial charge in [0.2, 0.25) is 11.8 Å². The third kappa shape index (κ3) is 6.12. The number of piperazine rings is 1. The number of rotatable bonds is 8. The summed E-state index contributed by atoms with van der Waals surface area (Å²) < 4.78 is 0. The molecule has 2 N–H and O–H groups in total. The molecule has 33 heavy (non-hydrogen) atoms. The van der Waals surface area contributed by atoms with Gasteiger partial charge in [-0.3, -0.25) is 14.5 Å². The third-order valence-corrected chi connectivity index (χ3v) is 7.37. The Balaban J connectivity index is 1.20. The van der Waals surface area contributed by atoms with Crippen molar-refractivity contribution in [2.24, 2.45) is 11.8 Å². The predicted octanol–water partition coefficient (Wildman–Crippen LogP) is 1.32. The molecule has 0 spiro atoms. The van der Waals surface area contributed by atoms with E-state index in [-0.39, 0.29) is 35.7 Å². The minimum Gasteiger partial charge on any atom is -0.356 e. The first kappa shape index (κ1) is 23.7. The van der Waals surface area contributed by atoms with Crippen molar-refractivity contribution in [3.8, 4) is 0 Å². The number of carbonyl (C=O) groups excluding carboxylic acids is 3.